The van der Waals surface area contributed by atoms with Crippen molar-refractivity contribution in [2.24, 2.45) is 18.9 Å². The van der Waals surface area contributed by atoms with Crippen LogP contribution >= 0.6 is 46.4 Å². The molecule has 0 saturated carbocycles. The molecule has 1 unspecified atom stereocenters. The van der Waals surface area contributed by atoms with Crippen LogP contribution in [-0.2, 0) is 27.0 Å². The molecule has 4 atom stereocenters. The molecule has 9 nitrogen and oxygen atoms in total. The molecule has 3 amide bonds. The minimum Gasteiger partial charge on any atom is -0.326 e. The maximum Gasteiger partial charge on any atom is 0.250 e. The van der Waals surface area contributed by atoms with E-state index in [9.17, 15) is 14.4 Å². The zero-order valence-electron chi connectivity index (χ0n) is 20.5. The quantitative estimate of drug-likeness (QED) is 0.379. The Kier molecular flexibility index (Phi) is 6.55. The average Bonchev–Trinajstić information content (AvgIpc) is 3.60. The van der Waals surface area contributed by atoms with Crippen molar-refractivity contribution in [3.63, 3.8) is 0 Å². The number of benzene rings is 2. The van der Waals surface area contributed by atoms with Crippen molar-refractivity contribution >= 4 is 81.4 Å². The Morgan fingerprint density at radius 2 is 1.74 bits per heavy atom. The minimum absolute atomic E-state index is 0.253. The van der Waals surface area contributed by atoms with Crippen LogP contribution in [0.2, 0.25) is 20.1 Å². The van der Waals surface area contributed by atoms with E-state index in [2.05, 4.69) is 20.9 Å². The molecule has 3 aliphatic rings. The van der Waals surface area contributed by atoms with Crippen molar-refractivity contribution in [2.75, 3.05) is 22.5 Å². The molecular formula is C26H22Cl4N6O3. The monoisotopic (exact) mass is 606 g/mol. The SMILES string of the molecule is Cn1ccnc1NC(=O)[C@H]1[C@@H](C(=O)Nc2cc(Cl)cc(Cl)c2)[C@H]2CCCN2C12C(=O)Nc1c(Cl)cc(Cl)cc12. The lowest BCUT2D eigenvalue weighted by Crippen LogP contribution is -2.54. The van der Waals surface area contributed by atoms with E-state index >= 15 is 0 Å². The highest BCUT2D eigenvalue weighted by Gasteiger charge is 2.71. The van der Waals surface area contributed by atoms with Crippen LogP contribution in [0.4, 0.5) is 17.3 Å². The van der Waals surface area contributed by atoms with Crippen molar-refractivity contribution in [2.45, 2.75) is 24.4 Å². The van der Waals surface area contributed by atoms with Gasteiger partial charge in [-0.25, -0.2) is 4.98 Å². The van der Waals surface area contributed by atoms with Gasteiger partial charge in [0.15, 0.2) is 0 Å². The van der Waals surface area contributed by atoms with Gasteiger partial charge < -0.3 is 15.2 Å². The second-order valence-corrected chi connectivity index (χ2v) is 11.7. The first kappa shape index (κ1) is 26.4. The van der Waals surface area contributed by atoms with Gasteiger partial charge in [-0.05, 0) is 49.7 Å². The summed E-state index contributed by atoms with van der Waals surface area (Å²) in [6.45, 7) is 0.501. The lowest BCUT2D eigenvalue weighted by molar-refractivity contribution is -0.137. The summed E-state index contributed by atoms with van der Waals surface area (Å²) < 4.78 is 1.64. The molecule has 0 bridgehead atoms. The zero-order chi connectivity index (χ0) is 27.6. The fraction of sp³-hybridized carbons (Fsp3) is 0.308. The molecule has 4 heterocycles. The third-order valence-electron chi connectivity index (χ3n) is 7.80. The van der Waals surface area contributed by atoms with Gasteiger partial charge in [0.2, 0.25) is 17.8 Å². The molecule has 6 rings (SSSR count). The van der Waals surface area contributed by atoms with E-state index in [0.29, 0.717) is 45.0 Å². The van der Waals surface area contributed by atoms with Gasteiger partial charge in [0.25, 0.3) is 5.91 Å². The number of aromatic nitrogens is 2. The maximum atomic E-state index is 14.2. The molecule has 2 fully saturated rings. The van der Waals surface area contributed by atoms with E-state index in [-0.39, 0.29) is 11.0 Å². The molecule has 2 saturated heterocycles. The van der Waals surface area contributed by atoms with Gasteiger partial charge >= 0.3 is 0 Å². The van der Waals surface area contributed by atoms with Crippen molar-refractivity contribution in [1.29, 1.82) is 0 Å². The highest BCUT2D eigenvalue weighted by molar-refractivity contribution is 6.38. The van der Waals surface area contributed by atoms with Gasteiger partial charge in [0, 0.05) is 51.8 Å². The van der Waals surface area contributed by atoms with Crippen LogP contribution in [0.5, 0.6) is 0 Å². The number of rotatable bonds is 4. The number of imidazole rings is 1. The Labute approximate surface area is 243 Å². The number of amides is 3. The van der Waals surface area contributed by atoms with E-state index in [1.54, 1.807) is 48.3 Å². The molecular weight excluding hydrogens is 586 g/mol. The van der Waals surface area contributed by atoms with Crippen LogP contribution in [0.15, 0.2) is 42.7 Å². The van der Waals surface area contributed by atoms with Crippen LogP contribution in [0, 0.1) is 11.8 Å². The van der Waals surface area contributed by atoms with Gasteiger partial charge in [-0.3, -0.25) is 24.6 Å². The molecule has 3 N–H and O–H groups in total. The lowest BCUT2D eigenvalue weighted by atomic mass is 9.73. The van der Waals surface area contributed by atoms with Crippen molar-refractivity contribution in [3.05, 3.63) is 68.4 Å². The largest absolute Gasteiger partial charge is 0.326 e. The molecule has 1 aromatic heterocycles. The second-order valence-electron chi connectivity index (χ2n) is 9.94. The van der Waals surface area contributed by atoms with Crippen molar-refractivity contribution < 1.29 is 14.4 Å². The van der Waals surface area contributed by atoms with E-state index in [4.69, 9.17) is 46.4 Å². The molecule has 202 valence electrons. The molecule has 13 heteroatoms. The topological polar surface area (TPSA) is 108 Å². The van der Waals surface area contributed by atoms with Crippen LogP contribution in [0.1, 0.15) is 18.4 Å². The van der Waals surface area contributed by atoms with E-state index in [0.717, 1.165) is 6.42 Å². The van der Waals surface area contributed by atoms with Gasteiger partial charge in [0.05, 0.1) is 22.5 Å². The van der Waals surface area contributed by atoms with Crippen LogP contribution in [0.3, 0.4) is 0 Å². The normalized spacial score (nSPS) is 25.5. The van der Waals surface area contributed by atoms with Gasteiger partial charge in [0.1, 0.15) is 5.54 Å². The number of hydrogen-bond donors (Lipinski definition) is 3. The molecule has 0 aliphatic carbocycles. The van der Waals surface area contributed by atoms with Crippen molar-refractivity contribution in [1.82, 2.24) is 14.5 Å². The Hall–Kier alpha value is -2.82. The molecule has 3 aliphatic heterocycles. The summed E-state index contributed by atoms with van der Waals surface area (Å²) in [6, 6.07) is 7.47. The summed E-state index contributed by atoms with van der Waals surface area (Å²) in [5.74, 6) is -3.18. The highest BCUT2D eigenvalue weighted by atomic mass is 35.5. The Morgan fingerprint density at radius 3 is 2.44 bits per heavy atom. The van der Waals surface area contributed by atoms with Gasteiger partial charge in [-0.2, -0.15) is 0 Å². The summed E-state index contributed by atoms with van der Waals surface area (Å²) in [5, 5.41) is 9.86. The van der Waals surface area contributed by atoms with Crippen LogP contribution < -0.4 is 16.0 Å². The molecule has 2 aromatic carbocycles. The van der Waals surface area contributed by atoms with E-state index in [1.165, 1.54) is 6.07 Å². The first-order chi connectivity index (χ1) is 18.6. The zero-order valence-corrected chi connectivity index (χ0v) is 23.5. The van der Waals surface area contributed by atoms with Gasteiger partial charge in [-0.1, -0.05) is 46.4 Å². The second kappa shape index (κ2) is 9.67. The summed E-state index contributed by atoms with van der Waals surface area (Å²) in [5.41, 5.74) is -0.283. The highest BCUT2D eigenvalue weighted by Crippen LogP contribution is 2.59. The number of anilines is 3. The third-order valence-corrected chi connectivity index (χ3v) is 8.75. The first-order valence-electron chi connectivity index (χ1n) is 12.2. The number of halogens is 4. The summed E-state index contributed by atoms with van der Waals surface area (Å²) in [7, 11) is 1.73. The van der Waals surface area contributed by atoms with E-state index < -0.39 is 41.1 Å². The molecule has 3 aromatic rings. The number of nitrogens with zero attached hydrogens (tertiary/aromatic N) is 3. The predicted molar refractivity (Wildman–Crippen MR) is 150 cm³/mol. The predicted octanol–water partition coefficient (Wildman–Crippen LogP) is 5.17. The summed E-state index contributed by atoms with van der Waals surface area (Å²) in [4.78, 5) is 48.5. The maximum absolute atomic E-state index is 14.2. The Balaban J connectivity index is 1.51. The number of nitrogens with one attached hydrogen (secondary N) is 3. The van der Waals surface area contributed by atoms with Gasteiger partial charge in [-0.15, -0.1) is 0 Å². The van der Waals surface area contributed by atoms with Crippen LogP contribution in [-0.4, -0.2) is 44.8 Å². The number of hydrogen-bond acceptors (Lipinski definition) is 5. The number of aryl methyl sites for hydroxylation is 1. The fourth-order valence-electron chi connectivity index (χ4n) is 6.40. The molecule has 39 heavy (non-hydrogen) atoms. The van der Waals surface area contributed by atoms with Crippen LogP contribution in [0.25, 0.3) is 0 Å². The number of fused-ring (bicyclic) bond motifs is 4. The third kappa shape index (κ3) is 4.10. The smallest absolute Gasteiger partial charge is 0.250 e. The standard InChI is InChI=1S/C26H22Cl4N6O3/c1-35-6-4-31-25(35)34-23(38)20-19(22(37)32-15-8-12(27)7-13(28)9-15)18-3-2-5-36(18)26(20)16-10-14(29)11-17(30)21(16)33-24(26)39/h4,6-11,18-20H,2-3,5H2,1H3,(H,32,37)(H,33,39)(H,31,34,38)/t18-,19+,20-,26?/m1/s1. The molecule has 0 radical (unpaired) electrons. The molecule has 1 spiro atoms. The number of carbonyl (C=O) groups is 3. The van der Waals surface area contributed by atoms with E-state index in [1.807, 2.05) is 4.90 Å². The lowest BCUT2D eigenvalue weighted by Gasteiger charge is -2.36. The first-order valence-corrected chi connectivity index (χ1v) is 13.8. The van der Waals surface area contributed by atoms with Crippen molar-refractivity contribution in [3.8, 4) is 0 Å². The summed E-state index contributed by atoms with van der Waals surface area (Å²) in [6.07, 6.45) is 4.58. The fourth-order valence-corrected chi connectivity index (χ4v) is 7.46. The number of carbonyl (C=O) groups excluding carboxylic acids is 3. The Morgan fingerprint density at radius 1 is 1.03 bits per heavy atom. The Bertz CT molecular complexity index is 1520. The minimum atomic E-state index is -1.52. The summed E-state index contributed by atoms with van der Waals surface area (Å²) >= 11 is 25.3. The average molecular weight is 608 g/mol.